The van der Waals surface area contributed by atoms with Gasteiger partial charge in [-0.15, -0.1) is 17.0 Å². The van der Waals surface area contributed by atoms with Gasteiger partial charge in [0.25, 0.3) is 0 Å². The van der Waals surface area contributed by atoms with Gasteiger partial charge in [0.15, 0.2) is 0 Å². The van der Waals surface area contributed by atoms with Gasteiger partial charge in [-0.1, -0.05) is 0 Å². The fraction of sp³-hybridized carbons (Fsp3) is 0.167. The van der Waals surface area contributed by atoms with Crippen LogP contribution in [0, 0.1) is 5.63 Å². The Kier molecular flexibility index (Phi) is 6.49. The summed E-state index contributed by atoms with van der Waals surface area (Å²) in [6.45, 7) is -0.124. The SMILES string of the molecule is Br.Nc1nc(C(=O)OCC#P=O)cs1. The Morgan fingerprint density at radius 1 is 1.79 bits per heavy atom. The van der Waals surface area contributed by atoms with E-state index < -0.39 is 5.97 Å². The van der Waals surface area contributed by atoms with E-state index in [1.54, 1.807) is 0 Å². The van der Waals surface area contributed by atoms with Crippen molar-refractivity contribution < 1.29 is 14.1 Å². The number of halogens is 1. The molecule has 0 amide bonds. The predicted octanol–water partition coefficient (Wildman–Crippen LogP) is 1.71. The number of carbonyl (C=O) groups is 1. The zero-order valence-corrected chi connectivity index (χ0v) is 10.2. The molecule has 0 spiro atoms. The Morgan fingerprint density at radius 3 is 3.00 bits per heavy atom. The van der Waals surface area contributed by atoms with Crippen LogP contribution in [-0.4, -0.2) is 17.6 Å². The molecule has 14 heavy (non-hydrogen) atoms. The number of hydrogen-bond acceptors (Lipinski definition) is 6. The van der Waals surface area contributed by atoms with E-state index in [1.165, 1.54) is 5.38 Å². The van der Waals surface area contributed by atoms with Gasteiger partial charge in [-0.25, -0.2) is 0 Å². The average Bonchev–Trinajstić information content (AvgIpc) is 2.52. The molecule has 1 rings (SSSR count). The van der Waals surface area contributed by atoms with Crippen molar-refractivity contribution in [1.29, 1.82) is 0 Å². The van der Waals surface area contributed by atoms with Crippen LogP contribution in [0.4, 0.5) is 5.13 Å². The minimum atomic E-state index is -0.593. The van der Waals surface area contributed by atoms with E-state index in [9.17, 15) is 9.36 Å². The van der Waals surface area contributed by atoms with E-state index in [0.29, 0.717) is 5.13 Å². The van der Waals surface area contributed by atoms with Gasteiger partial charge in [-0.2, -0.15) is 0 Å². The molecule has 0 aliphatic carbocycles. The van der Waals surface area contributed by atoms with Gasteiger partial charge in [0.2, 0.25) is 0 Å². The summed E-state index contributed by atoms with van der Waals surface area (Å²) in [5.74, 6) is -0.593. The average molecular weight is 297 g/mol. The molecule has 0 aliphatic heterocycles. The van der Waals surface area contributed by atoms with Crippen LogP contribution >= 0.6 is 36.2 Å². The number of rotatable bonds is 2. The molecular weight excluding hydrogens is 291 g/mol. The Balaban J connectivity index is 0.00000169. The van der Waals surface area contributed by atoms with Crippen molar-refractivity contribution >= 4 is 47.3 Å². The predicted molar refractivity (Wildman–Crippen MR) is 58.6 cm³/mol. The first-order valence-electron chi connectivity index (χ1n) is 3.17. The molecule has 1 aromatic rings. The molecule has 0 radical (unpaired) electrons. The fourth-order valence-corrected chi connectivity index (χ4v) is 1.23. The van der Waals surface area contributed by atoms with Crippen LogP contribution in [0.2, 0.25) is 0 Å². The van der Waals surface area contributed by atoms with Crippen molar-refractivity contribution in [2.75, 3.05) is 12.3 Å². The number of nitrogen functional groups attached to an aromatic ring is 1. The van der Waals surface area contributed by atoms with Gasteiger partial charge in [-0.3, -0.25) is 0 Å². The van der Waals surface area contributed by atoms with Crippen LogP contribution in [-0.2, 0) is 9.30 Å². The van der Waals surface area contributed by atoms with Crippen LogP contribution in [0.3, 0.4) is 0 Å². The molecule has 0 fully saturated rings. The monoisotopic (exact) mass is 296 g/mol. The third kappa shape index (κ3) is 4.07. The van der Waals surface area contributed by atoms with E-state index in [4.69, 9.17) is 5.73 Å². The second kappa shape index (κ2) is 6.79. The summed E-state index contributed by atoms with van der Waals surface area (Å²) in [6.07, 6.45) is 0. The Bertz CT molecular complexity index is 415. The minimum absolute atomic E-state index is 0. The number of aromatic nitrogens is 1. The Hall–Kier alpha value is -0.610. The second-order valence-electron chi connectivity index (χ2n) is 1.90. The number of thiazole rings is 1. The first-order chi connectivity index (χ1) is 6.24. The maximum atomic E-state index is 11.1. The van der Waals surface area contributed by atoms with Gasteiger partial charge in [-0.05, 0) is 0 Å². The summed E-state index contributed by atoms with van der Waals surface area (Å²) in [6, 6.07) is 0. The van der Waals surface area contributed by atoms with Crippen LogP contribution < -0.4 is 5.73 Å². The third-order valence-electron chi connectivity index (χ3n) is 1.06. The topological polar surface area (TPSA) is 82.3 Å². The van der Waals surface area contributed by atoms with Gasteiger partial charge < -0.3 is 0 Å². The zero-order valence-electron chi connectivity index (χ0n) is 6.80. The number of carbonyl (C=O) groups excluding carboxylic acids is 1. The summed E-state index contributed by atoms with van der Waals surface area (Å²) >= 11 is 1.15. The molecule has 0 unspecified atom stereocenters. The normalized spacial score (nSPS) is 8.29. The summed E-state index contributed by atoms with van der Waals surface area (Å²) in [5.41, 5.74) is 7.74. The number of esters is 1. The van der Waals surface area contributed by atoms with E-state index in [0.717, 1.165) is 11.3 Å². The number of nitrogens with two attached hydrogens (primary N) is 1. The van der Waals surface area contributed by atoms with Crippen LogP contribution in [0.5, 0.6) is 0 Å². The molecule has 1 aromatic heterocycles. The molecule has 1 heterocycles. The fourth-order valence-electron chi connectivity index (χ4n) is 0.579. The van der Waals surface area contributed by atoms with Gasteiger partial charge >= 0.3 is 78.5 Å². The molecule has 8 heteroatoms. The summed E-state index contributed by atoms with van der Waals surface area (Å²) < 4.78 is 14.5. The molecule has 0 atom stereocenters. The van der Waals surface area contributed by atoms with Crippen molar-refractivity contribution in [3.8, 4) is 5.63 Å². The van der Waals surface area contributed by atoms with Crippen molar-refractivity contribution in [3.63, 3.8) is 0 Å². The maximum absolute atomic E-state index is 11.1. The summed E-state index contributed by atoms with van der Waals surface area (Å²) in [4.78, 5) is 14.8. The standard InChI is InChI=1S/C6H5N2O3PS.BrH/c7-6-8-4(3-13-6)5(9)11-1-2-12-10;/h3H,1H2,(H2,7,8);1H. The van der Waals surface area contributed by atoms with Crippen LogP contribution in [0.15, 0.2) is 5.38 Å². The molecule has 5 nitrogen and oxygen atoms in total. The van der Waals surface area contributed by atoms with Crippen LogP contribution in [0.1, 0.15) is 10.5 Å². The molecule has 0 aliphatic rings. The van der Waals surface area contributed by atoms with E-state index in [1.807, 2.05) is 0 Å². The van der Waals surface area contributed by atoms with Gasteiger partial charge in [0.05, 0.1) is 0 Å². The van der Waals surface area contributed by atoms with Crippen molar-refractivity contribution in [3.05, 3.63) is 11.1 Å². The molecule has 0 aromatic carbocycles. The van der Waals surface area contributed by atoms with E-state index in [2.05, 4.69) is 15.3 Å². The molecule has 0 saturated carbocycles. The van der Waals surface area contributed by atoms with Crippen molar-refractivity contribution in [2.45, 2.75) is 0 Å². The molecule has 2 N–H and O–H groups in total. The summed E-state index contributed by atoms with van der Waals surface area (Å²) in [5, 5.41) is 1.80. The third-order valence-corrected chi connectivity index (χ3v) is 2.00. The van der Waals surface area contributed by atoms with Gasteiger partial charge in [0.1, 0.15) is 0 Å². The number of hydrogen-bond donors (Lipinski definition) is 1. The van der Waals surface area contributed by atoms with E-state index in [-0.39, 0.29) is 37.2 Å². The first kappa shape index (κ1) is 13.4. The van der Waals surface area contributed by atoms with Crippen molar-refractivity contribution in [1.82, 2.24) is 4.98 Å². The van der Waals surface area contributed by atoms with Crippen LogP contribution in [0.25, 0.3) is 0 Å². The quantitative estimate of drug-likeness (QED) is 0.663. The number of ether oxygens (including phenoxy) is 1. The molecule has 76 valence electrons. The number of nitrogens with zero attached hydrogens (tertiary/aromatic N) is 1. The molecule has 0 saturated heterocycles. The number of anilines is 1. The summed E-state index contributed by atoms with van der Waals surface area (Å²) in [7, 11) is -0.288. The zero-order chi connectivity index (χ0) is 9.68. The molecule has 0 bridgehead atoms. The first-order valence-corrected chi connectivity index (χ1v) is 4.86. The second-order valence-corrected chi connectivity index (χ2v) is 3.29. The Morgan fingerprint density at radius 2 is 2.50 bits per heavy atom. The van der Waals surface area contributed by atoms with Crippen molar-refractivity contribution in [2.24, 2.45) is 0 Å². The Labute approximate surface area is 95.6 Å². The van der Waals surface area contributed by atoms with E-state index >= 15 is 0 Å². The van der Waals surface area contributed by atoms with Gasteiger partial charge in [0, 0.05) is 0 Å². The molecular formula is C6H6BrN2O3PS.